The van der Waals surface area contributed by atoms with Crippen LogP contribution in [0, 0.1) is 0 Å². The van der Waals surface area contributed by atoms with Crippen LogP contribution in [0.5, 0.6) is 0 Å². The number of rotatable bonds is 11. The Morgan fingerprint density at radius 3 is 2.10 bits per heavy atom. The lowest BCUT2D eigenvalue weighted by Crippen LogP contribution is -2.65. The number of ketones is 1. The molecule has 48 heavy (non-hydrogen) atoms. The molecule has 256 valence electrons. The Morgan fingerprint density at radius 2 is 1.44 bits per heavy atom. The lowest BCUT2D eigenvalue weighted by atomic mass is 9.84. The second-order valence-electron chi connectivity index (χ2n) is 11.9. The van der Waals surface area contributed by atoms with Crippen LogP contribution < -0.4 is 38.5 Å². The minimum absolute atomic E-state index is 0.00185. The first-order chi connectivity index (χ1) is 22.9. The standard InChI is InChI=1S/C33H43N9O6/c1-17(34)28(44)25(19-9-4-3-5-10-19)27-32(48)40-24(15-20-16-38-22-12-7-6-11-21(20)22)30(46)39-23(13-8-14-37-33(35)36)29(45)41-26(18(2)43)31(47)42-27/h3-7,9-12,16-18,23-27,38,43H,8,13-15,34H2,1-2H3,(H,39,46)(H,40,48)(H,41,45)(H,42,47)(H4,35,36,37)/t17-,18+,23-,24+,25?,26-,27-/m0/s1. The van der Waals surface area contributed by atoms with Gasteiger partial charge in [-0.2, -0.15) is 0 Å². The number of aromatic nitrogens is 1. The summed E-state index contributed by atoms with van der Waals surface area (Å²) in [6.07, 6.45) is 0.642. The third-order valence-electron chi connectivity index (χ3n) is 8.20. The van der Waals surface area contributed by atoms with E-state index in [9.17, 15) is 29.1 Å². The van der Waals surface area contributed by atoms with E-state index in [1.807, 2.05) is 24.3 Å². The van der Waals surface area contributed by atoms with Gasteiger partial charge in [-0.25, -0.2) is 0 Å². The van der Waals surface area contributed by atoms with Crippen molar-refractivity contribution in [3.05, 3.63) is 71.9 Å². The number of carbonyl (C=O) groups is 5. The van der Waals surface area contributed by atoms with Gasteiger partial charge in [0.15, 0.2) is 11.7 Å². The van der Waals surface area contributed by atoms with E-state index >= 15 is 0 Å². The van der Waals surface area contributed by atoms with Gasteiger partial charge < -0.3 is 48.6 Å². The molecular weight excluding hydrogens is 618 g/mol. The zero-order valence-corrected chi connectivity index (χ0v) is 26.8. The van der Waals surface area contributed by atoms with Crippen molar-refractivity contribution in [2.24, 2.45) is 22.2 Å². The van der Waals surface area contributed by atoms with Crippen LogP contribution >= 0.6 is 0 Å². The predicted molar refractivity (Wildman–Crippen MR) is 179 cm³/mol. The molecule has 2 heterocycles. The van der Waals surface area contributed by atoms with Gasteiger partial charge in [-0.3, -0.25) is 29.0 Å². The highest BCUT2D eigenvalue weighted by Gasteiger charge is 2.42. The smallest absolute Gasteiger partial charge is 0.245 e. The van der Waals surface area contributed by atoms with Gasteiger partial charge in [0.05, 0.1) is 18.1 Å². The zero-order chi connectivity index (χ0) is 35.0. The first-order valence-electron chi connectivity index (χ1n) is 15.7. The normalized spacial score (nSPS) is 22.5. The number of aliphatic hydroxyl groups is 1. The number of nitrogens with zero attached hydrogens (tertiary/aromatic N) is 1. The van der Waals surface area contributed by atoms with Crippen LogP contribution in [0.2, 0.25) is 0 Å². The van der Waals surface area contributed by atoms with Crippen molar-refractivity contribution in [1.82, 2.24) is 26.3 Å². The maximum Gasteiger partial charge on any atom is 0.245 e. The van der Waals surface area contributed by atoms with E-state index in [4.69, 9.17) is 17.2 Å². The quantitative estimate of drug-likeness (QED) is 0.0678. The number of nitrogens with two attached hydrogens (primary N) is 3. The van der Waals surface area contributed by atoms with Gasteiger partial charge in [0.1, 0.15) is 24.2 Å². The zero-order valence-electron chi connectivity index (χ0n) is 26.8. The fourth-order valence-electron chi connectivity index (χ4n) is 5.70. The Hall–Kier alpha value is -5.28. The Labute approximate surface area is 277 Å². The van der Waals surface area contributed by atoms with Crippen LogP contribution in [0.3, 0.4) is 0 Å². The largest absolute Gasteiger partial charge is 0.391 e. The SMILES string of the molecule is C[C@H](N)C(=O)C(c1ccccc1)[C@@H]1NC(=O)[C@H]([C@@H](C)O)NC(=O)[C@H](CCCN=C(N)N)NC(=O)[C@@H](Cc2c[nH]c3ccccc23)NC1=O. The number of benzene rings is 2. The van der Waals surface area contributed by atoms with Crippen molar-refractivity contribution in [2.75, 3.05) is 6.54 Å². The second-order valence-corrected chi connectivity index (χ2v) is 11.9. The van der Waals surface area contributed by atoms with E-state index in [0.29, 0.717) is 11.1 Å². The summed E-state index contributed by atoms with van der Waals surface area (Å²) in [5.41, 5.74) is 18.8. The maximum absolute atomic E-state index is 14.3. The third-order valence-corrected chi connectivity index (χ3v) is 8.20. The molecule has 4 rings (SSSR count). The Kier molecular flexibility index (Phi) is 11.9. The predicted octanol–water partition coefficient (Wildman–Crippen LogP) is -1.20. The average molecular weight is 662 g/mol. The number of hydrogen-bond acceptors (Lipinski definition) is 8. The summed E-state index contributed by atoms with van der Waals surface area (Å²) in [6.45, 7) is 2.91. The first kappa shape index (κ1) is 35.6. The van der Waals surface area contributed by atoms with E-state index in [1.54, 1.807) is 36.5 Å². The summed E-state index contributed by atoms with van der Waals surface area (Å²) in [7, 11) is 0. The van der Waals surface area contributed by atoms with Crippen molar-refractivity contribution in [1.29, 1.82) is 0 Å². The molecule has 1 aliphatic heterocycles. The molecule has 2 aromatic carbocycles. The Balaban J connectivity index is 1.79. The van der Waals surface area contributed by atoms with Gasteiger partial charge >= 0.3 is 0 Å². The van der Waals surface area contributed by atoms with Crippen LogP contribution in [0.25, 0.3) is 10.9 Å². The molecular formula is C33H43N9O6. The Morgan fingerprint density at radius 1 is 0.833 bits per heavy atom. The van der Waals surface area contributed by atoms with Crippen LogP contribution in [-0.4, -0.2) is 88.3 Å². The van der Waals surface area contributed by atoms with E-state index in [-0.39, 0.29) is 31.8 Å². The third kappa shape index (κ3) is 8.74. The molecule has 4 amide bonds. The van der Waals surface area contributed by atoms with Crippen molar-refractivity contribution in [2.45, 2.75) is 75.3 Å². The van der Waals surface area contributed by atoms with Gasteiger partial charge in [0.2, 0.25) is 23.6 Å². The number of H-pyrrole nitrogens is 1. The van der Waals surface area contributed by atoms with E-state index in [1.165, 1.54) is 13.8 Å². The lowest BCUT2D eigenvalue weighted by molar-refractivity contribution is -0.139. The molecule has 12 N–H and O–H groups in total. The number of Topliss-reactive ketones (excluding diaryl/α,β-unsaturated/α-hetero) is 1. The summed E-state index contributed by atoms with van der Waals surface area (Å²) >= 11 is 0. The van der Waals surface area contributed by atoms with E-state index in [2.05, 4.69) is 31.2 Å². The van der Waals surface area contributed by atoms with Crippen LogP contribution in [-0.2, 0) is 30.4 Å². The number of guanidine groups is 1. The van der Waals surface area contributed by atoms with Gasteiger partial charge in [-0.15, -0.1) is 0 Å². The molecule has 1 fully saturated rings. The molecule has 0 bridgehead atoms. The summed E-state index contributed by atoms with van der Waals surface area (Å²) in [4.78, 5) is 76.3. The van der Waals surface area contributed by atoms with Crippen LogP contribution in [0.1, 0.15) is 43.7 Å². The van der Waals surface area contributed by atoms with Gasteiger partial charge in [-0.1, -0.05) is 48.5 Å². The summed E-state index contributed by atoms with van der Waals surface area (Å²) < 4.78 is 0. The van der Waals surface area contributed by atoms with Gasteiger partial charge in [0, 0.05) is 30.1 Å². The lowest BCUT2D eigenvalue weighted by Gasteiger charge is -2.33. The van der Waals surface area contributed by atoms with Crippen molar-refractivity contribution in [3.8, 4) is 0 Å². The van der Waals surface area contributed by atoms with Gasteiger partial charge in [-0.05, 0) is 43.9 Å². The molecule has 15 heteroatoms. The van der Waals surface area contributed by atoms with Crippen molar-refractivity contribution in [3.63, 3.8) is 0 Å². The number of aromatic amines is 1. The number of carbonyl (C=O) groups excluding carboxylic acids is 5. The molecule has 1 aliphatic rings. The van der Waals surface area contributed by atoms with Crippen molar-refractivity contribution >= 4 is 46.3 Å². The minimum atomic E-state index is -1.58. The van der Waals surface area contributed by atoms with E-state index in [0.717, 1.165) is 10.9 Å². The molecule has 0 saturated carbocycles. The van der Waals surface area contributed by atoms with Crippen LogP contribution in [0.15, 0.2) is 65.8 Å². The summed E-state index contributed by atoms with van der Waals surface area (Å²) in [5, 5.41) is 21.9. The molecule has 1 saturated heterocycles. The molecule has 15 nitrogen and oxygen atoms in total. The summed E-state index contributed by atoms with van der Waals surface area (Å²) in [5.74, 6) is -5.17. The Bertz CT molecular complexity index is 1650. The monoisotopic (exact) mass is 661 g/mol. The average Bonchev–Trinajstić information content (AvgIpc) is 3.46. The maximum atomic E-state index is 14.3. The molecule has 0 spiro atoms. The minimum Gasteiger partial charge on any atom is -0.391 e. The number of hydrogen-bond donors (Lipinski definition) is 9. The number of aliphatic imine (C=N–C) groups is 1. The number of amides is 4. The van der Waals surface area contributed by atoms with Crippen molar-refractivity contribution < 1.29 is 29.1 Å². The molecule has 0 aliphatic carbocycles. The number of fused-ring (bicyclic) bond motifs is 1. The van der Waals surface area contributed by atoms with Gasteiger partial charge in [0.25, 0.3) is 0 Å². The highest BCUT2D eigenvalue weighted by atomic mass is 16.3. The molecule has 7 atom stereocenters. The molecule has 3 aromatic rings. The highest BCUT2D eigenvalue weighted by Crippen LogP contribution is 2.24. The molecule has 0 radical (unpaired) electrons. The first-order valence-corrected chi connectivity index (χ1v) is 15.7. The fourth-order valence-corrected chi connectivity index (χ4v) is 5.70. The van der Waals surface area contributed by atoms with Crippen LogP contribution in [0.4, 0.5) is 0 Å². The number of para-hydroxylation sites is 1. The second kappa shape index (κ2) is 16.0. The fraction of sp³-hybridized carbons (Fsp3) is 0.394. The number of nitrogens with one attached hydrogen (secondary N) is 5. The topological polar surface area (TPSA) is 260 Å². The number of aliphatic hydroxyl groups excluding tert-OH is 1. The highest BCUT2D eigenvalue weighted by molar-refractivity contribution is 6.02. The summed E-state index contributed by atoms with van der Waals surface area (Å²) in [6, 6.07) is 9.14. The molecule has 1 aromatic heterocycles. The van der Waals surface area contributed by atoms with E-state index < -0.39 is 71.6 Å². The molecule has 1 unspecified atom stereocenters.